The van der Waals surface area contributed by atoms with Gasteiger partial charge in [-0.3, -0.25) is 4.79 Å². The molecule has 0 saturated heterocycles. The molecule has 0 atom stereocenters. The molecule has 0 aromatic heterocycles. The molecule has 0 saturated carbocycles. The van der Waals surface area contributed by atoms with E-state index in [0.717, 1.165) is 28.9 Å². The summed E-state index contributed by atoms with van der Waals surface area (Å²) in [6, 6.07) is 9.35. The minimum Gasteiger partial charge on any atom is -0.493 e. The molecule has 1 heterocycles. The average molecular weight is 338 g/mol. The zero-order valence-corrected chi connectivity index (χ0v) is 14.1. The van der Waals surface area contributed by atoms with Crippen molar-refractivity contribution in [3.8, 4) is 23.0 Å². The SMILES string of the molecule is COc1cc2c(cc1OC)C(=O)/C(=C/c1ccc3c(c1)OCO3)CC2. The molecule has 0 amide bonds. The summed E-state index contributed by atoms with van der Waals surface area (Å²) in [6.45, 7) is 0.239. The van der Waals surface area contributed by atoms with E-state index in [1.807, 2.05) is 30.3 Å². The Balaban J connectivity index is 1.69. The van der Waals surface area contributed by atoms with Crippen LogP contribution in [0.3, 0.4) is 0 Å². The number of ether oxygens (including phenoxy) is 4. The van der Waals surface area contributed by atoms with E-state index in [2.05, 4.69) is 0 Å². The summed E-state index contributed by atoms with van der Waals surface area (Å²) < 4.78 is 21.4. The van der Waals surface area contributed by atoms with Gasteiger partial charge in [-0.1, -0.05) is 6.07 Å². The molecule has 2 aliphatic rings. The molecule has 4 rings (SSSR count). The minimum atomic E-state index is 0.0277. The summed E-state index contributed by atoms with van der Waals surface area (Å²) >= 11 is 0. The first-order chi connectivity index (χ1) is 12.2. The number of rotatable bonds is 3. The lowest BCUT2D eigenvalue weighted by Crippen LogP contribution is -2.14. The molecular weight excluding hydrogens is 320 g/mol. The Morgan fingerprint density at radius 1 is 0.960 bits per heavy atom. The van der Waals surface area contributed by atoms with Crippen LogP contribution in [0, 0.1) is 0 Å². The first-order valence-electron chi connectivity index (χ1n) is 8.09. The van der Waals surface area contributed by atoms with Crippen LogP contribution < -0.4 is 18.9 Å². The van der Waals surface area contributed by atoms with Gasteiger partial charge in [0.2, 0.25) is 6.79 Å². The monoisotopic (exact) mass is 338 g/mol. The van der Waals surface area contributed by atoms with Crippen molar-refractivity contribution in [3.05, 3.63) is 52.6 Å². The number of hydrogen-bond acceptors (Lipinski definition) is 5. The maximum atomic E-state index is 12.9. The van der Waals surface area contributed by atoms with Crippen LogP contribution in [0.1, 0.15) is 27.9 Å². The lowest BCUT2D eigenvalue weighted by molar-refractivity contribution is 0.102. The highest BCUT2D eigenvalue weighted by Crippen LogP contribution is 2.37. The largest absolute Gasteiger partial charge is 0.493 e. The van der Waals surface area contributed by atoms with Gasteiger partial charge in [-0.2, -0.15) is 0 Å². The van der Waals surface area contributed by atoms with Crippen molar-refractivity contribution in [2.75, 3.05) is 21.0 Å². The smallest absolute Gasteiger partial charge is 0.231 e. The Kier molecular flexibility index (Phi) is 3.84. The predicted molar refractivity (Wildman–Crippen MR) is 92.7 cm³/mol. The lowest BCUT2D eigenvalue weighted by Gasteiger charge is -2.20. The van der Waals surface area contributed by atoms with E-state index >= 15 is 0 Å². The minimum absolute atomic E-state index is 0.0277. The fourth-order valence-electron chi connectivity index (χ4n) is 3.24. The normalized spacial score (nSPS) is 16.7. The Hall–Kier alpha value is -2.95. The van der Waals surface area contributed by atoms with E-state index in [9.17, 15) is 4.79 Å². The molecule has 0 radical (unpaired) electrons. The Labute approximate surface area is 145 Å². The van der Waals surface area contributed by atoms with Crippen LogP contribution in [0.2, 0.25) is 0 Å². The second kappa shape index (κ2) is 6.16. The molecule has 128 valence electrons. The van der Waals surface area contributed by atoms with Gasteiger partial charge in [0.25, 0.3) is 0 Å². The number of fused-ring (bicyclic) bond motifs is 2. The number of Topliss-reactive ketones (excluding diaryl/α,β-unsaturated/α-hetero) is 1. The summed E-state index contributed by atoms with van der Waals surface area (Å²) in [7, 11) is 3.17. The molecule has 5 heteroatoms. The molecule has 0 fully saturated rings. The van der Waals surface area contributed by atoms with Crippen LogP contribution in [0.15, 0.2) is 35.9 Å². The average Bonchev–Trinajstić information content (AvgIpc) is 3.11. The zero-order chi connectivity index (χ0) is 17.4. The lowest BCUT2D eigenvalue weighted by atomic mass is 9.85. The molecule has 1 aliphatic heterocycles. The number of aryl methyl sites for hydroxylation is 1. The number of hydrogen-bond donors (Lipinski definition) is 0. The van der Waals surface area contributed by atoms with E-state index < -0.39 is 0 Å². The second-order valence-electron chi connectivity index (χ2n) is 5.98. The third-order valence-electron chi connectivity index (χ3n) is 4.55. The van der Waals surface area contributed by atoms with Crippen LogP contribution in [-0.2, 0) is 6.42 Å². The van der Waals surface area contributed by atoms with E-state index in [-0.39, 0.29) is 12.6 Å². The number of methoxy groups -OCH3 is 2. The molecule has 25 heavy (non-hydrogen) atoms. The molecule has 0 unspecified atom stereocenters. The van der Waals surface area contributed by atoms with Crippen molar-refractivity contribution in [1.82, 2.24) is 0 Å². The number of carbonyl (C=O) groups excluding carboxylic acids is 1. The van der Waals surface area contributed by atoms with Gasteiger partial charge in [0.15, 0.2) is 28.8 Å². The highest BCUT2D eigenvalue weighted by Gasteiger charge is 2.24. The van der Waals surface area contributed by atoms with Gasteiger partial charge >= 0.3 is 0 Å². The summed E-state index contributed by atoms with van der Waals surface area (Å²) in [5.74, 6) is 2.69. The van der Waals surface area contributed by atoms with E-state index in [0.29, 0.717) is 29.2 Å². The maximum absolute atomic E-state index is 12.9. The van der Waals surface area contributed by atoms with Crippen LogP contribution in [-0.4, -0.2) is 26.8 Å². The van der Waals surface area contributed by atoms with Gasteiger partial charge in [-0.15, -0.1) is 0 Å². The topological polar surface area (TPSA) is 54.0 Å². The van der Waals surface area contributed by atoms with Gasteiger partial charge in [0.05, 0.1) is 14.2 Å². The molecule has 0 N–H and O–H groups in total. The molecule has 0 spiro atoms. The van der Waals surface area contributed by atoms with Crippen LogP contribution in [0.4, 0.5) is 0 Å². The van der Waals surface area contributed by atoms with Gasteiger partial charge in [0, 0.05) is 11.1 Å². The van der Waals surface area contributed by atoms with Crippen LogP contribution in [0.5, 0.6) is 23.0 Å². The standard InChI is InChI=1S/C20H18O5/c1-22-17-9-13-4-5-14(20(21)15(13)10-18(17)23-2)7-12-3-6-16-19(8-12)25-11-24-16/h3,6-10H,4-5,11H2,1-2H3/b14-7+. The molecular formula is C20H18O5. The third-order valence-corrected chi connectivity index (χ3v) is 4.55. The van der Waals surface area contributed by atoms with E-state index in [1.54, 1.807) is 20.3 Å². The highest BCUT2D eigenvalue weighted by molar-refractivity contribution is 6.13. The van der Waals surface area contributed by atoms with Gasteiger partial charge in [-0.25, -0.2) is 0 Å². The molecule has 2 aromatic rings. The summed E-state index contributed by atoms with van der Waals surface area (Å²) in [6.07, 6.45) is 3.40. The van der Waals surface area contributed by atoms with Crippen molar-refractivity contribution in [3.63, 3.8) is 0 Å². The van der Waals surface area contributed by atoms with Gasteiger partial charge in [0.1, 0.15) is 0 Å². The van der Waals surface area contributed by atoms with Crippen molar-refractivity contribution in [2.24, 2.45) is 0 Å². The summed E-state index contributed by atoms with van der Waals surface area (Å²) in [5, 5.41) is 0. The van der Waals surface area contributed by atoms with Gasteiger partial charge < -0.3 is 18.9 Å². The number of benzene rings is 2. The second-order valence-corrected chi connectivity index (χ2v) is 5.98. The maximum Gasteiger partial charge on any atom is 0.231 e. The van der Waals surface area contributed by atoms with Crippen molar-refractivity contribution < 1.29 is 23.7 Å². The predicted octanol–water partition coefficient (Wildman–Crippen LogP) is 3.65. The number of carbonyl (C=O) groups is 1. The van der Waals surface area contributed by atoms with Crippen molar-refractivity contribution in [2.45, 2.75) is 12.8 Å². The third kappa shape index (κ3) is 2.71. The fourth-order valence-corrected chi connectivity index (χ4v) is 3.24. The van der Waals surface area contributed by atoms with E-state index in [4.69, 9.17) is 18.9 Å². The zero-order valence-electron chi connectivity index (χ0n) is 14.1. The fraction of sp³-hybridized carbons (Fsp3) is 0.250. The first kappa shape index (κ1) is 15.6. The molecule has 2 aromatic carbocycles. The van der Waals surface area contributed by atoms with E-state index in [1.165, 1.54) is 0 Å². The summed E-state index contributed by atoms with van der Waals surface area (Å²) in [5.41, 5.74) is 3.37. The van der Waals surface area contributed by atoms with Crippen molar-refractivity contribution in [1.29, 1.82) is 0 Å². The molecule has 1 aliphatic carbocycles. The highest BCUT2D eigenvalue weighted by atomic mass is 16.7. The van der Waals surface area contributed by atoms with Crippen LogP contribution >= 0.6 is 0 Å². The Bertz CT molecular complexity index is 882. The molecule has 5 nitrogen and oxygen atoms in total. The Morgan fingerprint density at radius 3 is 2.52 bits per heavy atom. The van der Waals surface area contributed by atoms with Crippen molar-refractivity contribution >= 4 is 11.9 Å². The quantitative estimate of drug-likeness (QED) is 0.800. The first-order valence-corrected chi connectivity index (χ1v) is 8.09. The molecule has 0 bridgehead atoms. The van der Waals surface area contributed by atoms with Gasteiger partial charge in [-0.05, 0) is 54.3 Å². The summed E-state index contributed by atoms with van der Waals surface area (Å²) in [4.78, 5) is 12.9. The van der Waals surface area contributed by atoms with Crippen LogP contribution in [0.25, 0.3) is 6.08 Å². The number of allylic oxidation sites excluding steroid dienone is 1. The number of ketones is 1. The Morgan fingerprint density at radius 2 is 1.72 bits per heavy atom.